The largest absolute Gasteiger partial charge is 0.508 e. The molecule has 0 aromatic heterocycles. The Morgan fingerprint density at radius 2 is 2.29 bits per heavy atom. The average molecular weight is 235 g/mol. The number of aromatic hydroxyl groups is 1. The summed E-state index contributed by atoms with van der Waals surface area (Å²) in [6, 6.07) is 6.02. The van der Waals surface area contributed by atoms with Crippen LogP contribution in [-0.4, -0.2) is 23.4 Å². The van der Waals surface area contributed by atoms with Gasteiger partial charge in [-0.05, 0) is 48.4 Å². The molecule has 3 heteroatoms. The van der Waals surface area contributed by atoms with Gasteiger partial charge in [0.2, 0.25) is 0 Å². The highest BCUT2D eigenvalue weighted by atomic mass is 16.3. The summed E-state index contributed by atoms with van der Waals surface area (Å²) in [5, 5.41) is 22.0. The number of aliphatic hydroxyl groups excluding tert-OH is 1. The third-order valence-corrected chi connectivity index (χ3v) is 3.47. The van der Waals surface area contributed by atoms with E-state index in [1.165, 1.54) is 11.1 Å². The maximum absolute atomic E-state index is 9.48. The molecule has 0 aliphatic heterocycles. The van der Waals surface area contributed by atoms with E-state index in [4.69, 9.17) is 5.11 Å². The van der Waals surface area contributed by atoms with Crippen molar-refractivity contribution in [2.75, 3.05) is 13.2 Å². The topological polar surface area (TPSA) is 52.5 Å². The number of fused-ring (bicyclic) bond motifs is 1. The first-order valence-corrected chi connectivity index (χ1v) is 6.36. The van der Waals surface area contributed by atoms with Crippen LogP contribution in [0.15, 0.2) is 18.2 Å². The fourth-order valence-electron chi connectivity index (χ4n) is 2.42. The minimum absolute atomic E-state index is 0.224. The van der Waals surface area contributed by atoms with Crippen LogP contribution >= 0.6 is 0 Å². The summed E-state index contributed by atoms with van der Waals surface area (Å²) in [4.78, 5) is 0. The molecule has 3 nitrogen and oxygen atoms in total. The van der Waals surface area contributed by atoms with Crippen LogP contribution in [0.1, 0.15) is 36.9 Å². The molecule has 3 N–H and O–H groups in total. The van der Waals surface area contributed by atoms with Crippen molar-refractivity contribution in [3.63, 3.8) is 0 Å². The first-order chi connectivity index (χ1) is 8.20. The molecule has 1 aliphatic rings. The fraction of sp³-hybridized carbons (Fsp3) is 0.571. The number of aliphatic hydroxyl groups is 1. The van der Waals surface area contributed by atoms with E-state index in [0.29, 0.717) is 11.8 Å². The van der Waals surface area contributed by atoms with Crippen LogP contribution in [-0.2, 0) is 6.42 Å². The van der Waals surface area contributed by atoms with Crippen LogP contribution in [0.5, 0.6) is 5.75 Å². The van der Waals surface area contributed by atoms with E-state index in [0.717, 1.165) is 25.8 Å². The molecular weight excluding hydrogens is 214 g/mol. The Morgan fingerprint density at radius 1 is 1.47 bits per heavy atom. The Kier molecular flexibility index (Phi) is 4.02. The smallest absolute Gasteiger partial charge is 0.115 e. The molecule has 2 unspecified atom stereocenters. The zero-order valence-corrected chi connectivity index (χ0v) is 10.3. The highest BCUT2D eigenvalue weighted by Gasteiger charge is 2.20. The molecule has 94 valence electrons. The molecule has 1 aliphatic carbocycles. The molecule has 0 heterocycles. The van der Waals surface area contributed by atoms with Crippen LogP contribution < -0.4 is 5.32 Å². The summed E-state index contributed by atoms with van der Waals surface area (Å²) >= 11 is 0. The Balaban J connectivity index is 2.06. The molecule has 0 bridgehead atoms. The van der Waals surface area contributed by atoms with Crippen LogP contribution in [0.3, 0.4) is 0 Å². The van der Waals surface area contributed by atoms with Crippen LogP contribution in [0, 0.1) is 5.92 Å². The lowest BCUT2D eigenvalue weighted by atomic mass is 9.87. The highest BCUT2D eigenvalue weighted by molar-refractivity contribution is 5.38. The summed E-state index contributed by atoms with van der Waals surface area (Å²) in [5.74, 6) is 0.644. The van der Waals surface area contributed by atoms with Gasteiger partial charge in [-0.25, -0.2) is 0 Å². The Morgan fingerprint density at radius 3 is 3.06 bits per heavy atom. The predicted octanol–water partition coefficient (Wildman–Crippen LogP) is 1.99. The second-order valence-electron chi connectivity index (χ2n) is 5.02. The average Bonchev–Trinajstić information content (AvgIpc) is 2.35. The Labute approximate surface area is 102 Å². The van der Waals surface area contributed by atoms with Crippen molar-refractivity contribution >= 4 is 0 Å². The van der Waals surface area contributed by atoms with Gasteiger partial charge in [-0.1, -0.05) is 13.0 Å². The molecule has 1 aromatic rings. The van der Waals surface area contributed by atoms with E-state index in [1.807, 2.05) is 19.1 Å². The lowest BCUT2D eigenvalue weighted by Gasteiger charge is -2.27. The maximum atomic E-state index is 9.48. The number of phenols is 1. The quantitative estimate of drug-likeness (QED) is 0.748. The number of hydrogen-bond acceptors (Lipinski definition) is 3. The molecule has 0 fully saturated rings. The molecule has 2 atom stereocenters. The lowest BCUT2D eigenvalue weighted by molar-refractivity contribution is 0.228. The summed E-state index contributed by atoms with van der Waals surface area (Å²) in [6.45, 7) is 3.09. The van der Waals surface area contributed by atoms with Gasteiger partial charge in [-0.2, -0.15) is 0 Å². The summed E-state index contributed by atoms with van der Waals surface area (Å²) in [7, 11) is 0. The monoisotopic (exact) mass is 235 g/mol. The van der Waals surface area contributed by atoms with Crippen molar-refractivity contribution in [2.45, 2.75) is 32.2 Å². The van der Waals surface area contributed by atoms with Crippen molar-refractivity contribution in [2.24, 2.45) is 5.92 Å². The molecule has 0 saturated carbocycles. The summed E-state index contributed by atoms with van der Waals surface area (Å²) in [6.07, 6.45) is 3.34. The second-order valence-corrected chi connectivity index (χ2v) is 5.02. The SMILES string of the molecule is CC(CO)CNC1CCCc2cc(O)ccc21. The van der Waals surface area contributed by atoms with Crippen molar-refractivity contribution < 1.29 is 10.2 Å². The van der Waals surface area contributed by atoms with Crippen molar-refractivity contribution in [3.05, 3.63) is 29.3 Å². The van der Waals surface area contributed by atoms with Crippen LogP contribution in [0.25, 0.3) is 0 Å². The van der Waals surface area contributed by atoms with E-state index in [1.54, 1.807) is 6.07 Å². The van der Waals surface area contributed by atoms with Crippen LogP contribution in [0.4, 0.5) is 0 Å². The normalized spacial score (nSPS) is 20.9. The predicted molar refractivity (Wildman–Crippen MR) is 68.0 cm³/mol. The van der Waals surface area contributed by atoms with Gasteiger partial charge in [-0.15, -0.1) is 0 Å². The van der Waals surface area contributed by atoms with Crippen molar-refractivity contribution in [1.29, 1.82) is 0 Å². The second kappa shape index (κ2) is 5.52. The maximum Gasteiger partial charge on any atom is 0.115 e. The molecule has 0 amide bonds. The minimum atomic E-state index is 0.224. The zero-order chi connectivity index (χ0) is 12.3. The highest BCUT2D eigenvalue weighted by Crippen LogP contribution is 2.31. The van der Waals surface area contributed by atoms with E-state index in [9.17, 15) is 5.11 Å². The van der Waals surface area contributed by atoms with Gasteiger partial charge in [-0.3, -0.25) is 0 Å². The summed E-state index contributed by atoms with van der Waals surface area (Å²) < 4.78 is 0. The number of nitrogens with one attached hydrogen (secondary N) is 1. The molecule has 0 radical (unpaired) electrons. The Hall–Kier alpha value is -1.06. The molecule has 1 aromatic carbocycles. The fourth-order valence-corrected chi connectivity index (χ4v) is 2.42. The van der Waals surface area contributed by atoms with Gasteiger partial charge in [0.05, 0.1) is 0 Å². The van der Waals surface area contributed by atoms with Crippen molar-refractivity contribution in [1.82, 2.24) is 5.32 Å². The minimum Gasteiger partial charge on any atom is -0.508 e. The summed E-state index contributed by atoms with van der Waals surface area (Å²) in [5.41, 5.74) is 2.56. The standard InChI is InChI=1S/C14H21NO2/c1-10(9-16)8-15-14-4-2-3-11-7-12(17)5-6-13(11)14/h5-7,10,14-17H,2-4,8-9H2,1H3. The molecule has 0 spiro atoms. The number of benzene rings is 1. The van der Waals surface area contributed by atoms with E-state index in [2.05, 4.69) is 5.32 Å². The van der Waals surface area contributed by atoms with Gasteiger partial charge in [0.1, 0.15) is 5.75 Å². The van der Waals surface area contributed by atoms with Gasteiger partial charge in [0.15, 0.2) is 0 Å². The van der Waals surface area contributed by atoms with E-state index in [-0.39, 0.29) is 12.5 Å². The van der Waals surface area contributed by atoms with E-state index >= 15 is 0 Å². The third-order valence-electron chi connectivity index (χ3n) is 3.47. The van der Waals surface area contributed by atoms with Gasteiger partial charge in [0.25, 0.3) is 0 Å². The van der Waals surface area contributed by atoms with Gasteiger partial charge in [0, 0.05) is 19.2 Å². The lowest BCUT2D eigenvalue weighted by Crippen LogP contribution is -2.30. The molecular formula is C14H21NO2. The molecule has 0 saturated heterocycles. The number of phenolic OH excluding ortho intramolecular Hbond substituents is 1. The van der Waals surface area contributed by atoms with E-state index < -0.39 is 0 Å². The first kappa shape index (κ1) is 12.4. The number of hydrogen-bond donors (Lipinski definition) is 3. The molecule has 17 heavy (non-hydrogen) atoms. The number of rotatable bonds is 4. The number of aryl methyl sites for hydroxylation is 1. The van der Waals surface area contributed by atoms with Gasteiger partial charge >= 0.3 is 0 Å². The molecule has 2 rings (SSSR count). The van der Waals surface area contributed by atoms with Gasteiger partial charge < -0.3 is 15.5 Å². The first-order valence-electron chi connectivity index (χ1n) is 6.36. The zero-order valence-electron chi connectivity index (χ0n) is 10.3. The van der Waals surface area contributed by atoms with Crippen molar-refractivity contribution in [3.8, 4) is 5.75 Å². The third kappa shape index (κ3) is 2.99. The Bertz CT molecular complexity index is 378. The van der Waals surface area contributed by atoms with Crippen LogP contribution in [0.2, 0.25) is 0 Å².